The summed E-state index contributed by atoms with van der Waals surface area (Å²) in [5.74, 6) is -0.296. The minimum absolute atomic E-state index is 0.185. The predicted octanol–water partition coefficient (Wildman–Crippen LogP) is 3.81. The van der Waals surface area contributed by atoms with E-state index in [2.05, 4.69) is 5.32 Å². The fourth-order valence-corrected chi connectivity index (χ4v) is 4.69. The average molecular weight is 401 g/mol. The number of aryl methyl sites for hydroxylation is 1. The maximum atomic E-state index is 12.8. The number of rotatable bonds is 6. The molecule has 0 fully saturated rings. The molecule has 2 aromatic carbocycles. The quantitative estimate of drug-likeness (QED) is 0.684. The fourth-order valence-electron chi connectivity index (χ4n) is 2.57. The fraction of sp³-hybridized carbons (Fsp3) is 0.150. The number of nitrogens with zero attached hydrogens (tertiary/aromatic N) is 1. The molecule has 7 heteroatoms. The third kappa shape index (κ3) is 4.20. The molecule has 0 radical (unpaired) electrons. The van der Waals surface area contributed by atoms with Gasteiger partial charge >= 0.3 is 0 Å². The number of hydrogen-bond donors (Lipinski definition) is 1. The number of hydrogen-bond acceptors (Lipinski definition) is 4. The van der Waals surface area contributed by atoms with Crippen LogP contribution in [0.25, 0.3) is 0 Å². The van der Waals surface area contributed by atoms with Crippen LogP contribution in [0, 0.1) is 6.92 Å². The maximum Gasteiger partial charge on any atom is 0.264 e. The number of benzene rings is 2. The molecule has 1 N–H and O–H groups in total. The van der Waals surface area contributed by atoms with E-state index in [4.69, 9.17) is 0 Å². The number of thiophene rings is 1. The zero-order valence-electron chi connectivity index (χ0n) is 15.0. The number of amides is 1. The number of anilines is 1. The molecule has 0 bridgehead atoms. The van der Waals surface area contributed by atoms with Gasteiger partial charge in [0.1, 0.15) is 4.88 Å². The molecule has 0 aliphatic carbocycles. The van der Waals surface area contributed by atoms with Crippen molar-refractivity contribution >= 4 is 33.0 Å². The van der Waals surface area contributed by atoms with Crippen LogP contribution in [0.1, 0.15) is 20.8 Å². The van der Waals surface area contributed by atoms with Crippen molar-refractivity contribution < 1.29 is 13.2 Å². The molecule has 3 aromatic rings. The van der Waals surface area contributed by atoms with Crippen LogP contribution in [0.15, 0.2) is 70.9 Å². The summed E-state index contributed by atoms with van der Waals surface area (Å²) in [6.07, 6.45) is 0. The van der Waals surface area contributed by atoms with E-state index in [9.17, 15) is 13.2 Å². The second-order valence-electron chi connectivity index (χ2n) is 6.09. The second kappa shape index (κ2) is 7.94. The van der Waals surface area contributed by atoms with Crippen LogP contribution in [-0.2, 0) is 16.6 Å². The Hall–Kier alpha value is -2.64. The standard InChI is InChI=1S/C20H20N2O3S2/c1-15-8-10-16(11-9-15)14-21-20(23)19-18(12-13-26-19)22(2)27(24,25)17-6-4-3-5-7-17/h3-13H,14H2,1-2H3,(H,21,23). The molecule has 27 heavy (non-hydrogen) atoms. The Balaban J connectivity index is 1.78. The first-order chi connectivity index (χ1) is 12.9. The monoisotopic (exact) mass is 400 g/mol. The minimum Gasteiger partial charge on any atom is -0.347 e. The Kier molecular flexibility index (Phi) is 5.62. The van der Waals surface area contributed by atoms with E-state index in [1.54, 1.807) is 29.6 Å². The van der Waals surface area contributed by atoms with Crippen LogP contribution in [-0.4, -0.2) is 21.4 Å². The van der Waals surface area contributed by atoms with Gasteiger partial charge in [-0.15, -0.1) is 11.3 Å². The highest BCUT2D eigenvalue weighted by Gasteiger charge is 2.25. The average Bonchev–Trinajstić information content (AvgIpc) is 3.17. The van der Waals surface area contributed by atoms with Crippen LogP contribution in [0.2, 0.25) is 0 Å². The van der Waals surface area contributed by atoms with Crippen molar-refractivity contribution in [2.45, 2.75) is 18.4 Å². The third-order valence-electron chi connectivity index (χ3n) is 4.17. The van der Waals surface area contributed by atoms with Gasteiger partial charge in [0.05, 0.1) is 10.6 Å². The summed E-state index contributed by atoms with van der Waals surface area (Å²) in [4.78, 5) is 13.2. The molecule has 0 atom stereocenters. The first-order valence-electron chi connectivity index (χ1n) is 8.35. The van der Waals surface area contributed by atoms with Gasteiger partial charge in [-0.05, 0) is 36.1 Å². The Labute approximate surface area is 163 Å². The highest BCUT2D eigenvalue weighted by atomic mass is 32.2. The number of sulfonamides is 1. The van der Waals surface area contributed by atoms with Crippen molar-refractivity contribution in [3.63, 3.8) is 0 Å². The Bertz CT molecular complexity index is 1030. The molecule has 1 heterocycles. The molecule has 1 amide bonds. The van der Waals surface area contributed by atoms with E-state index in [-0.39, 0.29) is 10.8 Å². The lowest BCUT2D eigenvalue weighted by Gasteiger charge is -2.19. The van der Waals surface area contributed by atoms with Crippen LogP contribution in [0.3, 0.4) is 0 Å². The summed E-state index contributed by atoms with van der Waals surface area (Å²) in [6.45, 7) is 2.38. The molecular formula is C20H20N2O3S2. The van der Waals surface area contributed by atoms with Crippen LogP contribution in [0.5, 0.6) is 0 Å². The molecule has 3 rings (SSSR count). The van der Waals surface area contributed by atoms with Crippen molar-refractivity contribution in [2.24, 2.45) is 0 Å². The molecule has 0 spiro atoms. The Morgan fingerprint density at radius 2 is 1.70 bits per heavy atom. The molecule has 5 nitrogen and oxygen atoms in total. The first-order valence-corrected chi connectivity index (χ1v) is 10.7. The summed E-state index contributed by atoms with van der Waals surface area (Å²) in [5, 5.41) is 4.57. The molecule has 0 saturated carbocycles. The molecular weight excluding hydrogens is 380 g/mol. The van der Waals surface area contributed by atoms with E-state index >= 15 is 0 Å². The van der Waals surface area contributed by atoms with Crippen molar-refractivity contribution in [1.82, 2.24) is 5.32 Å². The zero-order chi connectivity index (χ0) is 19.4. The van der Waals surface area contributed by atoms with E-state index < -0.39 is 10.0 Å². The summed E-state index contributed by atoms with van der Waals surface area (Å²) in [5.41, 5.74) is 2.50. The third-order valence-corrected chi connectivity index (χ3v) is 6.85. The van der Waals surface area contributed by atoms with E-state index in [0.29, 0.717) is 17.1 Å². The van der Waals surface area contributed by atoms with Gasteiger partial charge in [0, 0.05) is 13.6 Å². The highest BCUT2D eigenvalue weighted by Crippen LogP contribution is 2.29. The van der Waals surface area contributed by atoms with Gasteiger partial charge in [-0.2, -0.15) is 0 Å². The maximum absolute atomic E-state index is 12.8. The summed E-state index contributed by atoms with van der Waals surface area (Å²) < 4.78 is 26.8. The Morgan fingerprint density at radius 3 is 2.37 bits per heavy atom. The van der Waals surface area contributed by atoms with Crippen molar-refractivity contribution in [2.75, 3.05) is 11.4 Å². The SMILES string of the molecule is Cc1ccc(CNC(=O)c2sccc2N(C)S(=O)(=O)c2ccccc2)cc1. The first kappa shape index (κ1) is 19.1. The van der Waals surface area contributed by atoms with Gasteiger partial charge in [0.15, 0.2) is 0 Å². The highest BCUT2D eigenvalue weighted by molar-refractivity contribution is 7.92. The van der Waals surface area contributed by atoms with Gasteiger partial charge in [-0.25, -0.2) is 8.42 Å². The lowest BCUT2D eigenvalue weighted by atomic mass is 10.1. The van der Waals surface area contributed by atoms with Crippen molar-refractivity contribution in [1.29, 1.82) is 0 Å². The van der Waals surface area contributed by atoms with Gasteiger partial charge in [0.25, 0.3) is 15.9 Å². The number of carbonyl (C=O) groups is 1. The van der Waals surface area contributed by atoms with Crippen molar-refractivity contribution in [3.05, 3.63) is 82.0 Å². The van der Waals surface area contributed by atoms with Gasteiger partial charge in [0.2, 0.25) is 0 Å². The molecule has 0 aliphatic rings. The smallest absolute Gasteiger partial charge is 0.264 e. The lowest BCUT2D eigenvalue weighted by Crippen LogP contribution is -2.29. The topological polar surface area (TPSA) is 66.5 Å². The van der Waals surface area contributed by atoms with Crippen LogP contribution >= 0.6 is 11.3 Å². The number of nitrogens with one attached hydrogen (secondary N) is 1. The molecule has 1 aromatic heterocycles. The van der Waals surface area contributed by atoms with E-state index in [1.165, 1.54) is 30.5 Å². The van der Waals surface area contributed by atoms with Crippen molar-refractivity contribution in [3.8, 4) is 0 Å². The number of carbonyl (C=O) groups excluding carboxylic acids is 1. The largest absolute Gasteiger partial charge is 0.347 e. The summed E-state index contributed by atoms with van der Waals surface area (Å²) >= 11 is 1.22. The molecule has 0 unspecified atom stereocenters. The normalized spacial score (nSPS) is 11.2. The zero-order valence-corrected chi connectivity index (χ0v) is 16.7. The molecule has 140 valence electrons. The van der Waals surface area contributed by atoms with Crippen LogP contribution < -0.4 is 9.62 Å². The van der Waals surface area contributed by atoms with Crippen LogP contribution in [0.4, 0.5) is 5.69 Å². The Morgan fingerprint density at radius 1 is 1.04 bits per heavy atom. The molecule has 0 aliphatic heterocycles. The summed E-state index contributed by atoms with van der Waals surface area (Å²) in [6, 6.07) is 17.7. The van der Waals surface area contributed by atoms with E-state index in [1.807, 2.05) is 31.2 Å². The summed E-state index contributed by atoms with van der Waals surface area (Å²) in [7, 11) is -2.27. The van der Waals surface area contributed by atoms with Gasteiger partial charge in [-0.1, -0.05) is 48.0 Å². The second-order valence-corrected chi connectivity index (χ2v) is 8.97. The predicted molar refractivity (Wildman–Crippen MR) is 109 cm³/mol. The minimum atomic E-state index is -3.73. The van der Waals surface area contributed by atoms with Gasteiger partial charge < -0.3 is 5.32 Å². The lowest BCUT2D eigenvalue weighted by molar-refractivity contribution is 0.0955. The molecule has 0 saturated heterocycles. The van der Waals surface area contributed by atoms with E-state index in [0.717, 1.165) is 15.4 Å². The van der Waals surface area contributed by atoms with Gasteiger partial charge in [-0.3, -0.25) is 9.10 Å².